The molecule has 1 amide bonds. The topological polar surface area (TPSA) is 47.6 Å². The van der Waals surface area contributed by atoms with Crippen molar-refractivity contribution in [3.63, 3.8) is 0 Å². The molecule has 0 aliphatic heterocycles. The van der Waals surface area contributed by atoms with E-state index < -0.39 is 6.61 Å². The van der Waals surface area contributed by atoms with Gasteiger partial charge < -0.3 is 14.8 Å². The number of benzene rings is 2. The maximum atomic E-state index is 12.1. The summed E-state index contributed by atoms with van der Waals surface area (Å²) < 4.78 is 33.7. The first-order chi connectivity index (χ1) is 12.0. The van der Waals surface area contributed by atoms with Gasteiger partial charge in [-0.25, -0.2) is 0 Å². The third-order valence-electron chi connectivity index (χ3n) is 3.76. The Morgan fingerprint density at radius 2 is 1.84 bits per heavy atom. The zero-order valence-electron chi connectivity index (χ0n) is 14.2. The average molecular weight is 349 g/mol. The van der Waals surface area contributed by atoms with Crippen LogP contribution in [0.5, 0.6) is 11.5 Å². The molecule has 2 aromatic rings. The van der Waals surface area contributed by atoms with Gasteiger partial charge in [-0.2, -0.15) is 8.78 Å². The number of hydrogen-bond donors (Lipinski definition) is 1. The van der Waals surface area contributed by atoms with Gasteiger partial charge in [-0.3, -0.25) is 4.79 Å². The highest BCUT2D eigenvalue weighted by atomic mass is 19.3. The number of nitrogens with one attached hydrogen (secondary N) is 1. The molecule has 0 heterocycles. The second-order valence-corrected chi connectivity index (χ2v) is 5.59. The van der Waals surface area contributed by atoms with Crippen molar-refractivity contribution in [3.8, 4) is 11.5 Å². The van der Waals surface area contributed by atoms with Crippen LogP contribution >= 0.6 is 0 Å². The van der Waals surface area contributed by atoms with Gasteiger partial charge in [0, 0.05) is 6.42 Å². The molecule has 0 aliphatic rings. The molecule has 0 saturated heterocycles. The van der Waals surface area contributed by atoms with E-state index in [4.69, 9.17) is 4.74 Å². The third kappa shape index (κ3) is 6.06. The lowest BCUT2D eigenvalue weighted by Crippen LogP contribution is -2.26. The van der Waals surface area contributed by atoms with Crippen molar-refractivity contribution >= 4 is 5.91 Å². The minimum absolute atomic E-state index is 0.0803. The molecule has 0 spiro atoms. The molecule has 0 radical (unpaired) electrons. The Hall–Kier alpha value is -2.63. The molecular weight excluding hydrogens is 328 g/mol. The number of aryl methyl sites for hydroxylation is 1. The number of methoxy groups -OCH3 is 1. The van der Waals surface area contributed by atoms with Gasteiger partial charge in [-0.1, -0.05) is 24.3 Å². The zero-order valence-corrected chi connectivity index (χ0v) is 14.2. The minimum Gasteiger partial charge on any atom is -0.497 e. The fraction of sp³-hybridized carbons (Fsp3) is 0.316. The number of rotatable bonds is 8. The lowest BCUT2D eigenvalue weighted by Gasteiger charge is -2.15. The van der Waals surface area contributed by atoms with Gasteiger partial charge in [-0.05, 0) is 48.7 Å². The van der Waals surface area contributed by atoms with Crippen LogP contribution in [0.2, 0.25) is 0 Å². The number of halogens is 2. The number of alkyl halides is 2. The van der Waals surface area contributed by atoms with Crippen LogP contribution in [-0.2, 0) is 11.2 Å². The predicted molar refractivity (Wildman–Crippen MR) is 90.9 cm³/mol. The van der Waals surface area contributed by atoms with Gasteiger partial charge in [0.1, 0.15) is 11.5 Å². The van der Waals surface area contributed by atoms with E-state index in [0.717, 1.165) is 16.9 Å². The summed E-state index contributed by atoms with van der Waals surface area (Å²) in [6, 6.07) is 13.6. The lowest BCUT2D eigenvalue weighted by atomic mass is 10.1. The van der Waals surface area contributed by atoms with E-state index in [2.05, 4.69) is 10.1 Å². The summed E-state index contributed by atoms with van der Waals surface area (Å²) in [7, 11) is 1.60. The Morgan fingerprint density at radius 1 is 1.12 bits per heavy atom. The zero-order chi connectivity index (χ0) is 18.2. The molecule has 1 N–H and O–H groups in total. The average Bonchev–Trinajstić information content (AvgIpc) is 2.60. The Morgan fingerprint density at radius 3 is 2.48 bits per heavy atom. The van der Waals surface area contributed by atoms with E-state index in [1.54, 1.807) is 19.2 Å². The van der Waals surface area contributed by atoms with Crippen molar-refractivity contribution in [2.24, 2.45) is 0 Å². The monoisotopic (exact) mass is 349 g/mol. The normalized spacial score (nSPS) is 11.9. The summed E-state index contributed by atoms with van der Waals surface area (Å²) in [5.74, 6) is 0.774. The largest absolute Gasteiger partial charge is 0.497 e. The first kappa shape index (κ1) is 18.7. The Labute approximate surface area is 145 Å². The van der Waals surface area contributed by atoms with E-state index >= 15 is 0 Å². The highest BCUT2D eigenvalue weighted by Gasteiger charge is 2.11. The summed E-state index contributed by atoms with van der Waals surface area (Å²) in [6.07, 6.45) is 0.959. The molecule has 4 nitrogen and oxygen atoms in total. The van der Waals surface area contributed by atoms with Crippen LogP contribution in [0.25, 0.3) is 0 Å². The molecule has 25 heavy (non-hydrogen) atoms. The van der Waals surface area contributed by atoms with Gasteiger partial charge in [0.05, 0.1) is 13.2 Å². The van der Waals surface area contributed by atoms with Crippen molar-refractivity contribution < 1.29 is 23.0 Å². The van der Waals surface area contributed by atoms with E-state index in [9.17, 15) is 13.6 Å². The van der Waals surface area contributed by atoms with Crippen LogP contribution in [0.4, 0.5) is 8.78 Å². The third-order valence-corrected chi connectivity index (χ3v) is 3.76. The number of carbonyl (C=O) groups is 1. The second-order valence-electron chi connectivity index (χ2n) is 5.59. The fourth-order valence-electron chi connectivity index (χ4n) is 2.42. The highest BCUT2D eigenvalue weighted by Crippen LogP contribution is 2.19. The molecule has 2 rings (SSSR count). The summed E-state index contributed by atoms with van der Waals surface area (Å²) in [4.78, 5) is 12.1. The summed E-state index contributed by atoms with van der Waals surface area (Å²) in [6.45, 7) is -1.01. The standard InChI is InChI=1S/C19H21F2NO3/c1-13(15-7-9-16(10-8-15)25-19(20)21)22-18(23)11-6-14-4-3-5-17(12-14)24-2/h3-5,7-10,12-13,19H,6,11H2,1-2H3,(H,22,23). The van der Waals surface area contributed by atoms with Gasteiger partial charge >= 0.3 is 6.61 Å². The SMILES string of the molecule is COc1cccc(CCC(=O)NC(C)c2ccc(OC(F)F)cc2)c1. The molecule has 1 atom stereocenters. The quantitative estimate of drug-likeness (QED) is 0.780. The molecule has 0 aliphatic carbocycles. The maximum Gasteiger partial charge on any atom is 0.387 e. The molecule has 0 saturated carbocycles. The van der Waals surface area contributed by atoms with Crippen molar-refractivity contribution in [1.29, 1.82) is 0 Å². The van der Waals surface area contributed by atoms with E-state index in [1.165, 1.54) is 12.1 Å². The first-order valence-corrected chi connectivity index (χ1v) is 7.95. The number of amides is 1. The van der Waals surface area contributed by atoms with Gasteiger partial charge in [0.25, 0.3) is 0 Å². The van der Waals surface area contributed by atoms with E-state index in [-0.39, 0.29) is 17.7 Å². The molecule has 6 heteroatoms. The molecule has 0 aromatic heterocycles. The van der Waals surface area contributed by atoms with Crippen molar-refractivity contribution in [3.05, 3.63) is 59.7 Å². The van der Waals surface area contributed by atoms with Crippen LogP contribution in [0.1, 0.15) is 30.5 Å². The predicted octanol–water partition coefficient (Wildman–Crippen LogP) is 4.11. The molecule has 1 unspecified atom stereocenters. The van der Waals surface area contributed by atoms with Crippen molar-refractivity contribution in [2.45, 2.75) is 32.4 Å². The smallest absolute Gasteiger partial charge is 0.387 e. The number of hydrogen-bond acceptors (Lipinski definition) is 3. The maximum absolute atomic E-state index is 12.1. The van der Waals surface area contributed by atoms with Crippen molar-refractivity contribution in [1.82, 2.24) is 5.32 Å². The van der Waals surface area contributed by atoms with Crippen LogP contribution in [-0.4, -0.2) is 19.6 Å². The molecule has 134 valence electrons. The fourth-order valence-corrected chi connectivity index (χ4v) is 2.42. The number of carbonyl (C=O) groups excluding carboxylic acids is 1. The van der Waals surface area contributed by atoms with Crippen LogP contribution in [0, 0.1) is 0 Å². The van der Waals surface area contributed by atoms with Gasteiger partial charge in [0.15, 0.2) is 0 Å². The van der Waals surface area contributed by atoms with Crippen LogP contribution in [0.15, 0.2) is 48.5 Å². The van der Waals surface area contributed by atoms with Gasteiger partial charge in [0.2, 0.25) is 5.91 Å². The van der Waals surface area contributed by atoms with E-state index in [0.29, 0.717) is 12.8 Å². The molecule has 0 bridgehead atoms. The van der Waals surface area contributed by atoms with Crippen LogP contribution in [0.3, 0.4) is 0 Å². The Kier molecular flexibility index (Phi) is 6.74. The first-order valence-electron chi connectivity index (χ1n) is 7.95. The summed E-state index contributed by atoms with van der Waals surface area (Å²) in [5.41, 5.74) is 1.84. The summed E-state index contributed by atoms with van der Waals surface area (Å²) in [5, 5.41) is 2.90. The van der Waals surface area contributed by atoms with Crippen molar-refractivity contribution in [2.75, 3.05) is 7.11 Å². The molecule has 2 aromatic carbocycles. The second kappa shape index (κ2) is 9.01. The molecular formula is C19H21F2NO3. The lowest BCUT2D eigenvalue weighted by molar-refractivity contribution is -0.121. The Balaban J connectivity index is 1.84. The number of ether oxygens (including phenoxy) is 2. The van der Waals surface area contributed by atoms with Gasteiger partial charge in [-0.15, -0.1) is 0 Å². The van der Waals surface area contributed by atoms with Crippen LogP contribution < -0.4 is 14.8 Å². The van der Waals surface area contributed by atoms with E-state index in [1.807, 2.05) is 31.2 Å². The minimum atomic E-state index is -2.85. The highest BCUT2D eigenvalue weighted by molar-refractivity contribution is 5.76. The summed E-state index contributed by atoms with van der Waals surface area (Å²) >= 11 is 0. The Bertz CT molecular complexity index is 689. The molecule has 0 fully saturated rings.